The Morgan fingerprint density at radius 2 is 2.00 bits per heavy atom. The third kappa shape index (κ3) is 2.71. The van der Waals surface area contributed by atoms with E-state index in [9.17, 15) is 9.18 Å². The fraction of sp³-hybridized carbons (Fsp3) is 0.0667. The predicted molar refractivity (Wildman–Crippen MR) is 80.5 cm³/mol. The quantitative estimate of drug-likeness (QED) is 0.802. The van der Waals surface area contributed by atoms with Crippen molar-refractivity contribution in [2.75, 3.05) is 12.4 Å². The summed E-state index contributed by atoms with van der Waals surface area (Å²) in [4.78, 5) is 16.2. The van der Waals surface area contributed by atoms with Crippen molar-refractivity contribution in [2.24, 2.45) is 0 Å². The van der Waals surface area contributed by atoms with Gasteiger partial charge in [0.1, 0.15) is 17.1 Å². The average molecular weight is 302 g/mol. The van der Waals surface area contributed by atoms with Crippen LogP contribution in [0, 0.1) is 5.82 Å². The minimum absolute atomic E-state index is 0.271. The van der Waals surface area contributed by atoms with Crippen molar-refractivity contribution < 1.29 is 13.9 Å². The lowest BCUT2D eigenvalue weighted by Crippen LogP contribution is -2.11. The van der Waals surface area contributed by atoms with Gasteiger partial charge in [0.05, 0.1) is 11.8 Å². The molecule has 1 heterocycles. The normalized spacial score (nSPS) is 10.6. The first-order valence-corrected chi connectivity index (χ1v) is 6.99. The van der Waals surface area contributed by atoms with Gasteiger partial charge >= 0.3 is 0 Å². The number of methoxy groups -OCH3 is 1. The number of ether oxygens (including phenoxy) is 1. The largest absolute Gasteiger partial charge is 0.497 e. The van der Waals surface area contributed by atoms with Crippen molar-refractivity contribution in [1.29, 1.82) is 0 Å². The standard InChI is InChI=1S/C15H11FN2O2S/c1-20-10-7-5-9(6-8-10)14(19)18-15-17-13-11(16)3-2-4-12(13)21-15/h2-8H,1H3,(H,17,18,19). The number of carbonyl (C=O) groups is 1. The minimum Gasteiger partial charge on any atom is -0.497 e. The van der Waals surface area contributed by atoms with Gasteiger partial charge in [-0.2, -0.15) is 0 Å². The van der Waals surface area contributed by atoms with E-state index in [-0.39, 0.29) is 11.4 Å². The van der Waals surface area contributed by atoms with Crippen LogP contribution in [0.2, 0.25) is 0 Å². The second-order valence-electron chi connectivity index (χ2n) is 4.29. The summed E-state index contributed by atoms with van der Waals surface area (Å²) < 4.78 is 19.3. The molecule has 0 spiro atoms. The lowest BCUT2D eigenvalue weighted by molar-refractivity contribution is 0.102. The highest BCUT2D eigenvalue weighted by Crippen LogP contribution is 2.27. The molecule has 6 heteroatoms. The summed E-state index contributed by atoms with van der Waals surface area (Å²) in [6.07, 6.45) is 0. The monoisotopic (exact) mass is 302 g/mol. The van der Waals surface area contributed by atoms with Crippen LogP contribution >= 0.6 is 11.3 Å². The van der Waals surface area contributed by atoms with Gasteiger partial charge in [-0.05, 0) is 36.4 Å². The Balaban J connectivity index is 1.83. The van der Waals surface area contributed by atoms with E-state index < -0.39 is 5.82 Å². The van der Waals surface area contributed by atoms with Crippen LogP contribution in [0.5, 0.6) is 5.75 Å². The number of nitrogens with one attached hydrogen (secondary N) is 1. The lowest BCUT2D eigenvalue weighted by atomic mass is 10.2. The molecule has 4 nitrogen and oxygen atoms in total. The zero-order valence-electron chi connectivity index (χ0n) is 11.1. The van der Waals surface area contributed by atoms with E-state index in [1.807, 2.05) is 0 Å². The molecule has 0 radical (unpaired) electrons. The zero-order valence-corrected chi connectivity index (χ0v) is 11.9. The zero-order chi connectivity index (χ0) is 14.8. The predicted octanol–water partition coefficient (Wildman–Crippen LogP) is 3.70. The third-order valence-electron chi connectivity index (χ3n) is 2.94. The highest BCUT2D eigenvalue weighted by atomic mass is 32.1. The van der Waals surface area contributed by atoms with E-state index in [4.69, 9.17) is 4.74 Å². The van der Waals surface area contributed by atoms with Crippen molar-refractivity contribution in [1.82, 2.24) is 4.98 Å². The summed E-state index contributed by atoms with van der Waals surface area (Å²) in [5.74, 6) is -0.0144. The number of aromatic nitrogens is 1. The molecule has 106 valence electrons. The highest BCUT2D eigenvalue weighted by molar-refractivity contribution is 7.22. The van der Waals surface area contributed by atoms with Crippen LogP contribution in [0.1, 0.15) is 10.4 Å². The second-order valence-corrected chi connectivity index (χ2v) is 5.32. The number of fused-ring (bicyclic) bond motifs is 1. The van der Waals surface area contributed by atoms with E-state index in [0.29, 0.717) is 21.1 Å². The Labute approximate surface area is 124 Å². The number of halogens is 1. The number of benzene rings is 2. The Kier molecular flexibility index (Phi) is 3.53. The molecular formula is C15H11FN2O2S. The van der Waals surface area contributed by atoms with Gasteiger partial charge in [-0.25, -0.2) is 9.37 Å². The molecule has 1 amide bonds. The molecule has 3 aromatic rings. The Morgan fingerprint density at radius 1 is 1.24 bits per heavy atom. The van der Waals surface area contributed by atoms with E-state index in [0.717, 1.165) is 0 Å². The molecule has 21 heavy (non-hydrogen) atoms. The molecule has 0 saturated carbocycles. The molecule has 0 unspecified atom stereocenters. The van der Waals surface area contributed by atoms with Crippen LogP contribution in [0.3, 0.4) is 0 Å². The van der Waals surface area contributed by atoms with Crippen LogP contribution in [-0.4, -0.2) is 18.0 Å². The smallest absolute Gasteiger partial charge is 0.257 e. The number of amides is 1. The molecule has 2 aromatic carbocycles. The van der Waals surface area contributed by atoms with Gasteiger partial charge in [0, 0.05) is 5.56 Å². The molecule has 1 N–H and O–H groups in total. The second kappa shape index (κ2) is 5.49. The van der Waals surface area contributed by atoms with Crippen molar-refractivity contribution in [3.05, 3.63) is 53.8 Å². The number of rotatable bonds is 3. The van der Waals surface area contributed by atoms with Crippen LogP contribution < -0.4 is 10.1 Å². The molecule has 0 aliphatic carbocycles. The number of hydrogen-bond acceptors (Lipinski definition) is 4. The fourth-order valence-electron chi connectivity index (χ4n) is 1.88. The van der Waals surface area contributed by atoms with Crippen molar-refractivity contribution >= 4 is 32.6 Å². The third-order valence-corrected chi connectivity index (χ3v) is 3.88. The maximum Gasteiger partial charge on any atom is 0.257 e. The van der Waals surface area contributed by atoms with Gasteiger partial charge in [0.15, 0.2) is 5.13 Å². The summed E-state index contributed by atoms with van der Waals surface area (Å²) in [5, 5.41) is 3.04. The SMILES string of the molecule is COc1ccc(C(=O)Nc2nc3c(F)cccc3s2)cc1. The summed E-state index contributed by atoms with van der Waals surface area (Å²) in [7, 11) is 1.56. The Hall–Kier alpha value is -2.47. The van der Waals surface area contributed by atoms with Crippen LogP contribution in [0.4, 0.5) is 9.52 Å². The maximum absolute atomic E-state index is 13.6. The first-order chi connectivity index (χ1) is 10.2. The number of anilines is 1. The molecule has 0 atom stereocenters. The number of hydrogen-bond donors (Lipinski definition) is 1. The number of thiazole rings is 1. The summed E-state index contributed by atoms with van der Waals surface area (Å²) >= 11 is 1.23. The first-order valence-electron chi connectivity index (χ1n) is 6.18. The van der Waals surface area contributed by atoms with Gasteiger partial charge in [-0.3, -0.25) is 10.1 Å². The molecule has 0 saturated heterocycles. The maximum atomic E-state index is 13.6. The molecule has 0 aliphatic heterocycles. The van der Waals surface area contributed by atoms with Crippen molar-refractivity contribution in [3.8, 4) is 5.75 Å². The first kappa shape index (κ1) is 13.5. The van der Waals surface area contributed by atoms with Gasteiger partial charge < -0.3 is 4.74 Å². The van der Waals surface area contributed by atoms with Crippen molar-refractivity contribution in [2.45, 2.75) is 0 Å². The number of para-hydroxylation sites is 1. The minimum atomic E-state index is -0.395. The number of nitrogens with zero attached hydrogens (tertiary/aromatic N) is 1. The van der Waals surface area contributed by atoms with E-state index in [1.54, 1.807) is 43.5 Å². The Bertz CT molecular complexity index is 799. The van der Waals surface area contributed by atoms with E-state index in [1.165, 1.54) is 17.4 Å². The van der Waals surface area contributed by atoms with Crippen LogP contribution in [0.25, 0.3) is 10.2 Å². The van der Waals surface area contributed by atoms with Crippen LogP contribution in [-0.2, 0) is 0 Å². The molecule has 1 aromatic heterocycles. The summed E-state index contributed by atoms with van der Waals surface area (Å²) in [5.41, 5.74) is 0.753. The summed E-state index contributed by atoms with van der Waals surface area (Å²) in [6.45, 7) is 0. The topological polar surface area (TPSA) is 51.2 Å². The highest BCUT2D eigenvalue weighted by Gasteiger charge is 2.11. The van der Waals surface area contributed by atoms with E-state index >= 15 is 0 Å². The average Bonchev–Trinajstić information content (AvgIpc) is 2.91. The lowest BCUT2D eigenvalue weighted by Gasteiger charge is -2.03. The van der Waals surface area contributed by atoms with Gasteiger partial charge in [-0.1, -0.05) is 17.4 Å². The molecule has 0 bridgehead atoms. The molecule has 0 fully saturated rings. The molecular weight excluding hydrogens is 291 g/mol. The van der Waals surface area contributed by atoms with Crippen LogP contribution in [0.15, 0.2) is 42.5 Å². The Morgan fingerprint density at radius 3 is 2.67 bits per heavy atom. The van der Waals surface area contributed by atoms with Gasteiger partial charge in [-0.15, -0.1) is 0 Å². The molecule has 3 rings (SSSR count). The number of carbonyl (C=O) groups excluding carboxylic acids is 1. The molecule has 0 aliphatic rings. The van der Waals surface area contributed by atoms with Crippen molar-refractivity contribution in [3.63, 3.8) is 0 Å². The fourth-order valence-corrected chi connectivity index (χ4v) is 2.76. The van der Waals surface area contributed by atoms with E-state index in [2.05, 4.69) is 10.3 Å². The van der Waals surface area contributed by atoms with Gasteiger partial charge in [0.25, 0.3) is 5.91 Å². The summed E-state index contributed by atoms with van der Waals surface area (Å²) in [6, 6.07) is 11.4. The van der Waals surface area contributed by atoms with Gasteiger partial charge in [0.2, 0.25) is 0 Å².